The lowest BCUT2D eigenvalue weighted by Crippen LogP contribution is -2.41. The van der Waals surface area contributed by atoms with Crippen LogP contribution in [0.3, 0.4) is 0 Å². The Morgan fingerprint density at radius 1 is 1.14 bits per heavy atom. The minimum absolute atomic E-state index is 0.0100. The maximum Gasteiger partial charge on any atom is 0.224 e. The molecule has 0 aliphatic heterocycles. The SMILES string of the molecule is COCCN(C(C)=O)C1=C(NCc2ccc[n+]([O-])c2)C(=O)c2ccccc2C1=O. The number of ether oxygens (including phenoxy) is 1. The fraction of sp³-hybridized carbons (Fsp3) is 0.238. The van der Waals surface area contributed by atoms with Gasteiger partial charge in [0.25, 0.3) is 0 Å². The van der Waals surface area contributed by atoms with Crippen molar-refractivity contribution in [2.45, 2.75) is 13.5 Å². The standard InChI is InChI=1S/C21H21N3O5/c1-14(25)24(10-11-29-2)19-18(22-12-15-6-5-9-23(28)13-15)20(26)16-7-3-4-8-17(16)21(19)27/h3-9,13,22H,10-12H2,1-2H3. The van der Waals surface area contributed by atoms with Crippen molar-refractivity contribution in [3.63, 3.8) is 0 Å². The molecule has 2 aromatic rings. The Morgan fingerprint density at radius 3 is 2.45 bits per heavy atom. The largest absolute Gasteiger partial charge is 0.619 e. The van der Waals surface area contributed by atoms with Gasteiger partial charge in [-0.1, -0.05) is 24.3 Å². The number of amides is 1. The first kappa shape index (κ1) is 20.2. The number of pyridine rings is 1. The van der Waals surface area contributed by atoms with Gasteiger partial charge >= 0.3 is 0 Å². The number of nitrogens with zero attached hydrogens (tertiary/aromatic N) is 2. The summed E-state index contributed by atoms with van der Waals surface area (Å²) in [5, 5.41) is 14.5. The molecule has 1 N–H and O–H groups in total. The van der Waals surface area contributed by atoms with Crippen LogP contribution >= 0.6 is 0 Å². The summed E-state index contributed by atoms with van der Waals surface area (Å²) in [6.07, 6.45) is 2.71. The van der Waals surface area contributed by atoms with Gasteiger partial charge in [0.15, 0.2) is 12.4 Å². The summed E-state index contributed by atoms with van der Waals surface area (Å²) in [4.78, 5) is 39.9. The summed E-state index contributed by atoms with van der Waals surface area (Å²) in [5.74, 6) is -1.18. The second-order valence-corrected chi connectivity index (χ2v) is 6.52. The van der Waals surface area contributed by atoms with E-state index in [0.29, 0.717) is 10.3 Å². The monoisotopic (exact) mass is 395 g/mol. The number of aromatic nitrogens is 1. The number of fused-ring (bicyclic) bond motifs is 1. The van der Waals surface area contributed by atoms with Gasteiger partial charge in [0, 0.05) is 49.9 Å². The first-order chi connectivity index (χ1) is 13.9. The summed E-state index contributed by atoms with van der Waals surface area (Å²) in [6, 6.07) is 9.80. The molecule has 3 rings (SSSR count). The third-order valence-corrected chi connectivity index (χ3v) is 4.57. The number of benzene rings is 1. The molecule has 8 nitrogen and oxygen atoms in total. The number of methoxy groups -OCH3 is 1. The van der Waals surface area contributed by atoms with E-state index in [1.54, 1.807) is 36.4 Å². The molecule has 1 aliphatic rings. The number of ketones is 2. The molecule has 1 amide bonds. The van der Waals surface area contributed by atoms with Crippen molar-refractivity contribution in [1.82, 2.24) is 10.2 Å². The Labute approximate surface area is 168 Å². The van der Waals surface area contributed by atoms with Crippen molar-refractivity contribution in [2.24, 2.45) is 0 Å². The molecule has 150 valence electrons. The van der Waals surface area contributed by atoms with Gasteiger partial charge < -0.3 is 20.2 Å². The molecule has 0 radical (unpaired) electrons. The van der Waals surface area contributed by atoms with E-state index in [9.17, 15) is 19.6 Å². The van der Waals surface area contributed by atoms with E-state index < -0.39 is 5.78 Å². The molecule has 1 heterocycles. The number of carbonyl (C=O) groups is 3. The van der Waals surface area contributed by atoms with E-state index in [2.05, 4.69) is 5.32 Å². The molecule has 0 fully saturated rings. The average molecular weight is 395 g/mol. The molecule has 1 aromatic heterocycles. The van der Waals surface area contributed by atoms with Gasteiger partial charge in [0.2, 0.25) is 17.5 Å². The van der Waals surface area contributed by atoms with Crippen molar-refractivity contribution in [2.75, 3.05) is 20.3 Å². The van der Waals surface area contributed by atoms with Crippen LogP contribution in [0.1, 0.15) is 33.2 Å². The molecule has 0 spiro atoms. The Morgan fingerprint density at radius 2 is 1.83 bits per heavy atom. The zero-order chi connectivity index (χ0) is 21.0. The summed E-state index contributed by atoms with van der Waals surface area (Å²) >= 11 is 0. The van der Waals surface area contributed by atoms with Crippen LogP contribution in [0.5, 0.6) is 0 Å². The molecule has 0 saturated carbocycles. The maximum atomic E-state index is 13.2. The number of rotatable bonds is 7. The third-order valence-electron chi connectivity index (χ3n) is 4.57. The highest BCUT2D eigenvalue weighted by molar-refractivity contribution is 6.27. The zero-order valence-electron chi connectivity index (χ0n) is 16.2. The third kappa shape index (κ3) is 4.17. The zero-order valence-corrected chi connectivity index (χ0v) is 16.2. The Bertz CT molecular complexity index is 999. The van der Waals surface area contributed by atoms with Crippen LogP contribution in [0.15, 0.2) is 60.2 Å². The lowest BCUT2D eigenvalue weighted by Gasteiger charge is -2.29. The van der Waals surface area contributed by atoms with Crippen molar-refractivity contribution in [3.8, 4) is 0 Å². The summed E-state index contributed by atoms with van der Waals surface area (Å²) in [5.41, 5.74) is 1.16. The van der Waals surface area contributed by atoms with Crippen LogP contribution in [0, 0.1) is 5.21 Å². The summed E-state index contributed by atoms with van der Waals surface area (Å²) in [7, 11) is 1.49. The van der Waals surface area contributed by atoms with Gasteiger partial charge in [0.05, 0.1) is 6.61 Å². The minimum Gasteiger partial charge on any atom is -0.619 e. The van der Waals surface area contributed by atoms with Crippen LogP contribution in [-0.4, -0.2) is 42.6 Å². The van der Waals surface area contributed by atoms with E-state index >= 15 is 0 Å². The second-order valence-electron chi connectivity index (χ2n) is 6.52. The van der Waals surface area contributed by atoms with E-state index in [-0.39, 0.29) is 53.9 Å². The number of hydrogen-bond acceptors (Lipinski definition) is 6. The summed E-state index contributed by atoms with van der Waals surface area (Å²) < 4.78 is 5.70. The quantitative estimate of drug-likeness (QED) is 0.558. The van der Waals surface area contributed by atoms with Crippen molar-refractivity contribution < 1.29 is 23.9 Å². The van der Waals surface area contributed by atoms with Crippen molar-refractivity contribution in [3.05, 3.63) is 82.1 Å². The predicted molar refractivity (Wildman–Crippen MR) is 104 cm³/mol. The smallest absolute Gasteiger partial charge is 0.224 e. The minimum atomic E-state index is -0.416. The highest BCUT2D eigenvalue weighted by Gasteiger charge is 2.36. The molecule has 1 aromatic carbocycles. The van der Waals surface area contributed by atoms with Crippen molar-refractivity contribution in [1.29, 1.82) is 0 Å². The molecule has 0 unspecified atom stereocenters. The average Bonchev–Trinajstić information content (AvgIpc) is 2.71. The van der Waals surface area contributed by atoms with E-state index in [1.165, 1.54) is 31.3 Å². The highest BCUT2D eigenvalue weighted by Crippen LogP contribution is 2.27. The number of Topliss-reactive ketones (excluding diaryl/α,β-unsaturated/α-hetero) is 2. The molecule has 0 bridgehead atoms. The van der Waals surface area contributed by atoms with Gasteiger partial charge in [-0.05, 0) is 6.07 Å². The van der Waals surface area contributed by atoms with E-state index in [0.717, 1.165) is 0 Å². The number of hydrogen-bond donors (Lipinski definition) is 1. The number of allylic oxidation sites excluding steroid dienone is 2. The summed E-state index contributed by atoms with van der Waals surface area (Å²) in [6.45, 7) is 1.79. The molecule has 29 heavy (non-hydrogen) atoms. The Balaban J connectivity index is 2.06. The molecule has 1 aliphatic carbocycles. The molecular formula is C21H21N3O5. The van der Waals surface area contributed by atoms with Gasteiger partial charge in [-0.15, -0.1) is 0 Å². The molecule has 0 saturated heterocycles. The maximum absolute atomic E-state index is 13.2. The van der Waals surface area contributed by atoms with Gasteiger partial charge in [0.1, 0.15) is 11.4 Å². The fourth-order valence-electron chi connectivity index (χ4n) is 3.19. The topological polar surface area (TPSA) is 103 Å². The van der Waals surface area contributed by atoms with Crippen LogP contribution < -0.4 is 10.0 Å². The van der Waals surface area contributed by atoms with E-state index in [4.69, 9.17) is 4.74 Å². The first-order valence-electron chi connectivity index (χ1n) is 9.05. The molecule has 0 atom stereocenters. The van der Waals surface area contributed by atoms with Crippen LogP contribution in [0.25, 0.3) is 0 Å². The number of nitrogens with one attached hydrogen (secondary N) is 1. The van der Waals surface area contributed by atoms with Gasteiger partial charge in [-0.3, -0.25) is 14.4 Å². The fourth-order valence-corrected chi connectivity index (χ4v) is 3.19. The second kappa shape index (κ2) is 8.66. The van der Waals surface area contributed by atoms with Gasteiger partial charge in [-0.25, -0.2) is 0 Å². The molecular weight excluding hydrogens is 374 g/mol. The normalized spacial score (nSPS) is 13.3. The first-order valence-corrected chi connectivity index (χ1v) is 9.05. The van der Waals surface area contributed by atoms with E-state index in [1.807, 2.05) is 0 Å². The lowest BCUT2D eigenvalue weighted by atomic mass is 9.89. The van der Waals surface area contributed by atoms with Crippen LogP contribution in [-0.2, 0) is 16.1 Å². The lowest BCUT2D eigenvalue weighted by molar-refractivity contribution is -0.605. The number of carbonyl (C=O) groups excluding carboxylic acids is 3. The Kier molecular flexibility index (Phi) is 6.04. The Hall–Kier alpha value is -3.52. The van der Waals surface area contributed by atoms with Crippen LogP contribution in [0.2, 0.25) is 0 Å². The van der Waals surface area contributed by atoms with Crippen molar-refractivity contribution >= 4 is 17.5 Å². The highest BCUT2D eigenvalue weighted by atomic mass is 16.5. The molecule has 8 heteroatoms. The van der Waals surface area contributed by atoms with Crippen LogP contribution in [0.4, 0.5) is 0 Å². The van der Waals surface area contributed by atoms with Gasteiger partial charge in [-0.2, -0.15) is 4.73 Å². The predicted octanol–water partition coefficient (Wildman–Crippen LogP) is 1.20.